The van der Waals surface area contributed by atoms with Gasteiger partial charge in [0.05, 0.1) is 5.60 Å². The first-order chi connectivity index (χ1) is 11.1. The number of hydrogen-bond donors (Lipinski definition) is 5. The number of aliphatic hydroxyl groups is 5. The average molecular weight is 346 g/mol. The molecule has 6 atom stereocenters. The lowest BCUT2D eigenvalue weighted by Crippen LogP contribution is -2.58. The van der Waals surface area contributed by atoms with Crippen LogP contribution in [-0.4, -0.2) is 74.4 Å². The maximum absolute atomic E-state index is 12.1. The normalized spacial score (nSPS) is 37.7. The van der Waals surface area contributed by atoms with Crippen molar-refractivity contribution in [3.63, 3.8) is 0 Å². The molecule has 0 radical (unpaired) electrons. The van der Waals surface area contributed by atoms with Gasteiger partial charge in [-0.2, -0.15) is 0 Å². The second-order valence-corrected chi connectivity index (χ2v) is 6.99. The molecule has 0 aromatic heterocycles. The fourth-order valence-electron chi connectivity index (χ4n) is 2.98. The number of hydrogen-bond acceptors (Lipinski definition) is 8. The van der Waals surface area contributed by atoms with Gasteiger partial charge in [0.2, 0.25) is 0 Å². The van der Waals surface area contributed by atoms with Crippen molar-refractivity contribution < 1.29 is 39.8 Å². The van der Waals surface area contributed by atoms with Crippen molar-refractivity contribution >= 4 is 5.97 Å². The van der Waals surface area contributed by atoms with E-state index in [1.165, 1.54) is 0 Å². The largest absolute Gasteiger partial charge is 0.459 e. The summed E-state index contributed by atoms with van der Waals surface area (Å²) < 4.78 is 10.0. The molecule has 1 saturated heterocycles. The van der Waals surface area contributed by atoms with Gasteiger partial charge >= 0.3 is 5.97 Å². The summed E-state index contributed by atoms with van der Waals surface area (Å²) in [6.07, 6.45) is -4.02. The van der Waals surface area contributed by atoms with Crippen LogP contribution in [0.25, 0.3) is 0 Å². The molecule has 2 aliphatic rings. The van der Waals surface area contributed by atoms with Crippen LogP contribution in [0.2, 0.25) is 0 Å². The molecule has 1 aliphatic carbocycles. The molecule has 8 nitrogen and oxygen atoms in total. The van der Waals surface area contributed by atoms with Crippen LogP contribution in [0.4, 0.5) is 0 Å². The van der Waals surface area contributed by atoms with Crippen LogP contribution in [0.5, 0.6) is 0 Å². The third-order valence-electron chi connectivity index (χ3n) is 4.74. The van der Waals surface area contributed by atoms with E-state index in [2.05, 4.69) is 0 Å². The van der Waals surface area contributed by atoms with Crippen molar-refractivity contribution in [3.05, 3.63) is 11.6 Å². The summed E-state index contributed by atoms with van der Waals surface area (Å²) >= 11 is 0. The Morgan fingerprint density at radius 2 is 1.92 bits per heavy atom. The van der Waals surface area contributed by atoms with E-state index in [9.17, 15) is 30.3 Å². The van der Waals surface area contributed by atoms with Gasteiger partial charge in [-0.15, -0.1) is 0 Å². The molecule has 138 valence electrons. The van der Waals surface area contributed by atoms with Crippen LogP contribution in [-0.2, 0) is 14.3 Å². The Kier molecular flexibility index (Phi) is 6.00. The lowest BCUT2D eigenvalue weighted by molar-refractivity contribution is -0.287. The zero-order valence-corrected chi connectivity index (χ0v) is 13.8. The Bertz CT molecular complexity index is 483. The molecule has 1 aliphatic heterocycles. The minimum absolute atomic E-state index is 0.0735. The molecular weight excluding hydrogens is 320 g/mol. The van der Waals surface area contributed by atoms with E-state index >= 15 is 0 Å². The van der Waals surface area contributed by atoms with E-state index in [-0.39, 0.29) is 12.5 Å². The number of allylic oxidation sites excluding steroid dienone is 1. The summed E-state index contributed by atoms with van der Waals surface area (Å²) in [4.78, 5) is 12.1. The summed E-state index contributed by atoms with van der Waals surface area (Å²) in [5, 5.41) is 48.2. The van der Waals surface area contributed by atoms with Crippen LogP contribution in [0.1, 0.15) is 33.1 Å². The standard InChI is InChI=1S/C16H26O8/c1-16(2,22)9-5-3-8(4-6-9)14(20)23-7-10-11(17)12(18)13(19)15(21)24-10/h3,9-13,15,17-19,21-22H,4-7H2,1-2H3/t9-,10-,11-,12+,13-,15-/m1/s1. The number of aliphatic hydroxyl groups excluding tert-OH is 4. The van der Waals surface area contributed by atoms with E-state index in [1.807, 2.05) is 0 Å². The van der Waals surface area contributed by atoms with Crippen molar-refractivity contribution in [2.24, 2.45) is 5.92 Å². The van der Waals surface area contributed by atoms with E-state index in [1.54, 1.807) is 19.9 Å². The van der Waals surface area contributed by atoms with Crippen molar-refractivity contribution in [2.75, 3.05) is 6.61 Å². The van der Waals surface area contributed by atoms with Crippen LogP contribution in [0.3, 0.4) is 0 Å². The van der Waals surface area contributed by atoms with Crippen molar-refractivity contribution in [2.45, 2.75) is 69.4 Å². The topological polar surface area (TPSA) is 137 Å². The molecule has 0 aromatic rings. The lowest BCUT2D eigenvalue weighted by atomic mass is 9.79. The first-order valence-corrected chi connectivity index (χ1v) is 8.07. The maximum Gasteiger partial charge on any atom is 0.333 e. The fraction of sp³-hybridized carbons (Fsp3) is 0.812. The van der Waals surface area contributed by atoms with Crippen LogP contribution >= 0.6 is 0 Å². The first kappa shape index (κ1) is 19.3. The smallest absolute Gasteiger partial charge is 0.333 e. The molecule has 0 bridgehead atoms. The Labute approximate surface area is 140 Å². The van der Waals surface area contributed by atoms with Gasteiger partial charge in [-0.1, -0.05) is 6.08 Å². The minimum atomic E-state index is -1.66. The number of carbonyl (C=O) groups excluding carboxylic acids is 1. The summed E-state index contributed by atoms with van der Waals surface area (Å²) in [6.45, 7) is 3.12. The highest BCUT2D eigenvalue weighted by Gasteiger charge is 2.43. The van der Waals surface area contributed by atoms with Crippen LogP contribution in [0.15, 0.2) is 11.6 Å². The second kappa shape index (κ2) is 7.47. The summed E-state index contributed by atoms with van der Waals surface area (Å²) in [7, 11) is 0. The molecule has 0 aromatic carbocycles. The van der Waals surface area contributed by atoms with Gasteiger partial charge in [-0.3, -0.25) is 0 Å². The van der Waals surface area contributed by atoms with Gasteiger partial charge < -0.3 is 35.0 Å². The molecular formula is C16H26O8. The fourth-order valence-corrected chi connectivity index (χ4v) is 2.98. The number of esters is 1. The van der Waals surface area contributed by atoms with E-state index < -0.39 is 42.3 Å². The third-order valence-corrected chi connectivity index (χ3v) is 4.74. The molecule has 0 unspecified atom stereocenters. The summed E-state index contributed by atoms with van der Waals surface area (Å²) in [6, 6.07) is 0. The maximum atomic E-state index is 12.1. The second-order valence-electron chi connectivity index (χ2n) is 6.99. The molecule has 5 N–H and O–H groups in total. The van der Waals surface area contributed by atoms with Gasteiger partial charge in [0, 0.05) is 5.57 Å². The zero-order chi connectivity index (χ0) is 18.1. The van der Waals surface area contributed by atoms with Gasteiger partial charge in [0.1, 0.15) is 31.0 Å². The Balaban J connectivity index is 1.86. The van der Waals surface area contributed by atoms with Crippen LogP contribution in [0, 0.1) is 5.92 Å². The third kappa shape index (κ3) is 4.33. The Hall–Kier alpha value is -1.03. The molecule has 0 spiro atoms. The quantitative estimate of drug-likeness (QED) is 0.402. The SMILES string of the molecule is CC(C)(O)[C@@H]1CC=C(C(=O)OC[C@H]2O[C@@H](O)[C@H](O)[C@@H](O)[C@@H]2O)CC1. The Morgan fingerprint density at radius 3 is 2.46 bits per heavy atom. The zero-order valence-electron chi connectivity index (χ0n) is 13.8. The monoisotopic (exact) mass is 346 g/mol. The number of rotatable bonds is 4. The van der Waals surface area contributed by atoms with E-state index in [0.717, 1.165) is 0 Å². The molecule has 8 heteroatoms. The lowest BCUT2D eigenvalue weighted by Gasteiger charge is -2.38. The minimum Gasteiger partial charge on any atom is -0.459 e. The van der Waals surface area contributed by atoms with Gasteiger partial charge in [0.25, 0.3) is 0 Å². The van der Waals surface area contributed by atoms with Gasteiger partial charge in [-0.05, 0) is 39.0 Å². The van der Waals surface area contributed by atoms with Crippen molar-refractivity contribution in [1.82, 2.24) is 0 Å². The molecule has 0 amide bonds. The summed E-state index contributed by atoms with van der Waals surface area (Å²) in [5.41, 5.74) is -0.319. The highest BCUT2D eigenvalue weighted by atomic mass is 16.6. The predicted molar refractivity (Wildman–Crippen MR) is 81.6 cm³/mol. The van der Waals surface area contributed by atoms with Crippen molar-refractivity contribution in [3.8, 4) is 0 Å². The number of ether oxygens (including phenoxy) is 2. The van der Waals surface area contributed by atoms with Gasteiger partial charge in [0.15, 0.2) is 6.29 Å². The first-order valence-electron chi connectivity index (χ1n) is 8.07. The summed E-state index contributed by atoms with van der Waals surface area (Å²) in [5.74, 6) is -0.487. The highest BCUT2D eigenvalue weighted by Crippen LogP contribution is 2.32. The van der Waals surface area contributed by atoms with E-state index in [0.29, 0.717) is 24.8 Å². The Morgan fingerprint density at radius 1 is 1.25 bits per heavy atom. The molecule has 1 fully saturated rings. The van der Waals surface area contributed by atoms with Crippen molar-refractivity contribution in [1.29, 1.82) is 0 Å². The number of carbonyl (C=O) groups is 1. The average Bonchev–Trinajstić information content (AvgIpc) is 2.54. The highest BCUT2D eigenvalue weighted by molar-refractivity contribution is 5.88. The van der Waals surface area contributed by atoms with Gasteiger partial charge in [-0.25, -0.2) is 4.79 Å². The molecule has 0 saturated carbocycles. The van der Waals surface area contributed by atoms with Crippen LogP contribution < -0.4 is 0 Å². The predicted octanol–water partition coefficient (Wildman–Crippen LogP) is -1.17. The molecule has 1 heterocycles. The molecule has 2 rings (SSSR count). The molecule has 24 heavy (non-hydrogen) atoms. The van der Waals surface area contributed by atoms with E-state index in [4.69, 9.17) is 9.47 Å².